The first-order valence-corrected chi connectivity index (χ1v) is 6.27. The first kappa shape index (κ1) is 12.1. The highest BCUT2D eigenvalue weighted by Gasteiger charge is 2.23. The summed E-state index contributed by atoms with van der Waals surface area (Å²) in [5.74, 6) is -0.651. The molecule has 0 aliphatic carbocycles. The van der Waals surface area contributed by atoms with Crippen LogP contribution in [0.2, 0.25) is 0 Å². The van der Waals surface area contributed by atoms with Gasteiger partial charge in [0.25, 0.3) is 5.91 Å². The number of carbonyl (C=O) groups is 1. The summed E-state index contributed by atoms with van der Waals surface area (Å²) >= 11 is 0. The number of hydrogen-bond acceptors (Lipinski definition) is 3. The Labute approximate surface area is 109 Å². The second-order valence-electron chi connectivity index (χ2n) is 4.96. The van der Waals surface area contributed by atoms with Crippen LogP contribution in [0.25, 0.3) is 10.9 Å². The largest absolute Gasteiger partial charge is 0.347 e. The number of nitrogens with zero attached hydrogens (tertiary/aromatic N) is 2. The molecule has 5 nitrogen and oxygen atoms in total. The van der Waals surface area contributed by atoms with Crippen molar-refractivity contribution in [3.63, 3.8) is 0 Å². The van der Waals surface area contributed by atoms with Crippen LogP contribution in [0.4, 0.5) is 4.39 Å². The molecular formula is C13H15FN4O. The summed E-state index contributed by atoms with van der Waals surface area (Å²) < 4.78 is 13.5. The van der Waals surface area contributed by atoms with Crippen LogP contribution in [-0.2, 0) is 0 Å². The topological polar surface area (TPSA) is 61.0 Å². The summed E-state index contributed by atoms with van der Waals surface area (Å²) in [5.41, 5.74) is 0.528. The second kappa shape index (κ2) is 4.62. The van der Waals surface area contributed by atoms with Gasteiger partial charge in [-0.2, -0.15) is 5.10 Å². The Morgan fingerprint density at radius 2 is 2.42 bits per heavy atom. The average molecular weight is 262 g/mol. The second-order valence-corrected chi connectivity index (χ2v) is 4.96. The lowest BCUT2D eigenvalue weighted by Crippen LogP contribution is -2.36. The van der Waals surface area contributed by atoms with Crippen LogP contribution in [0.5, 0.6) is 0 Å². The Morgan fingerprint density at radius 3 is 3.16 bits per heavy atom. The Bertz CT molecular complexity index is 624. The van der Waals surface area contributed by atoms with Gasteiger partial charge in [0.1, 0.15) is 11.3 Å². The van der Waals surface area contributed by atoms with Crippen LogP contribution >= 0.6 is 0 Å². The van der Waals surface area contributed by atoms with Gasteiger partial charge in [0.05, 0.1) is 0 Å². The summed E-state index contributed by atoms with van der Waals surface area (Å²) in [6.45, 7) is 1.81. The highest BCUT2D eigenvalue weighted by molar-refractivity contribution is 6.04. The van der Waals surface area contributed by atoms with E-state index in [1.165, 1.54) is 6.07 Å². The number of para-hydroxylation sites is 1. The third-order valence-electron chi connectivity index (χ3n) is 3.49. The predicted octanol–water partition coefficient (Wildman–Crippen LogP) is 1.14. The summed E-state index contributed by atoms with van der Waals surface area (Å²) in [4.78, 5) is 14.3. The van der Waals surface area contributed by atoms with E-state index in [1.54, 1.807) is 12.1 Å². The van der Waals surface area contributed by atoms with Gasteiger partial charge in [-0.3, -0.25) is 9.89 Å². The van der Waals surface area contributed by atoms with E-state index in [9.17, 15) is 9.18 Å². The number of rotatable bonds is 2. The maximum atomic E-state index is 13.5. The zero-order valence-corrected chi connectivity index (χ0v) is 10.6. The van der Waals surface area contributed by atoms with Crippen molar-refractivity contribution >= 4 is 16.8 Å². The number of amides is 1. The number of aromatic nitrogens is 2. The van der Waals surface area contributed by atoms with Gasteiger partial charge >= 0.3 is 0 Å². The number of likely N-dealkylation sites (tertiary alicyclic amines) is 1. The van der Waals surface area contributed by atoms with Gasteiger partial charge in [-0.1, -0.05) is 12.1 Å². The lowest BCUT2D eigenvalue weighted by molar-refractivity contribution is 0.0935. The molecule has 19 heavy (non-hydrogen) atoms. The monoisotopic (exact) mass is 262 g/mol. The van der Waals surface area contributed by atoms with Crippen LogP contribution < -0.4 is 5.32 Å². The molecule has 6 heteroatoms. The van der Waals surface area contributed by atoms with Crippen LogP contribution in [0, 0.1) is 5.82 Å². The Hall–Kier alpha value is -1.95. The molecule has 1 aliphatic heterocycles. The van der Waals surface area contributed by atoms with E-state index >= 15 is 0 Å². The molecule has 1 atom stereocenters. The predicted molar refractivity (Wildman–Crippen MR) is 69.4 cm³/mol. The van der Waals surface area contributed by atoms with E-state index in [2.05, 4.69) is 20.4 Å². The van der Waals surface area contributed by atoms with Gasteiger partial charge in [0, 0.05) is 18.0 Å². The van der Waals surface area contributed by atoms with Crippen molar-refractivity contribution in [2.24, 2.45) is 0 Å². The van der Waals surface area contributed by atoms with E-state index < -0.39 is 5.82 Å². The summed E-state index contributed by atoms with van der Waals surface area (Å²) in [6, 6.07) is 4.75. The molecule has 3 rings (SSSR count). The number of fused-ring (bicyclic) bond motifs is 1. The minimum absolute atomic E-state index is 0.137. The molecule has 1 saturated heterocycles. The van der Waals surface area contributed by atoms with Crippen molar-refractivity contribution < 1.29 is 9.18 Å². The Morgan fingerprint density at radius 1 is 1.58 bits per heavy atom. The molecule has 2 aromatic rings. The fraction of sp³-hybridized carbons (Fsp3) is 0.385. The van der Waals surface area contributed by atoms with Crippen molar-refractivity contribution in [1.82, 2.24) is 20.4 Å². The van der Waals surface area contributed by atoms with Crippen LogP contribution in [-0.4, -0.2) is 47.2 Å². The zero-order chi connectivity index (χ0) is 13.4. The van der Waals surface area contributed by atoms with Crippen molar-refractivity contribution in [2.75, 3.05) is 20.1 Å². The van der Waals surface area contributed by atoms with Crippen LogP contribution in [0.1, 0.15) is 16.9 Å². The van der Waals surface area contributed by atoms with E-state index in [-0.39, 0.29) is 23.2 Å². The lowest BCUT2D eigenvalue weighted by Gasteiger charge is -2.11. The number of aromatic amines is 1. The molecule has 100 valence electrons. The van der Waals surface area contributed by atoms with Gasteiger partial charge < -0.3 is 10.2 Å². The summed E-state index contributed by atoms with van der Waals surface area (Å²) in [7, 11) is 2.02. The molecule has 1 amide bonds. The zero-order valence-electron chi connectivity index (χ0n) is 10.6. The highest BCUT2D eigenvalue weighted by atomic mass is 19.1. The van der Waals surface area contributed by atoms with E-state index in [4.69, 9.17) is 0 Å². The molecule has 2 heterocycles. The number of hydrogen-bond donors (Lipinski definition) is 2. The molecule has 1 fully saturated rings. The van der Waals surface area contributed by atoms with Crippen molar-refractivity contribution in [3.8, 4) is 0 Å². The van der Waals surface area contributed by atoms with Crippen LogP contribution in [0.15, 0.2) is 18.2 Å². The molecular weight excluding hydrogens is 247 g/mol. The number of nitrogens with one attached hydrogen (secondary N) is 2. The maximum absolute atomic E-state index is 13.5. The number of halogens is 1. The molecule has 0 spiro atoms. The quantitative estimate of drug-likeness (QED) is 0.853. The summed E-state index contributed by atoms with van der Waals surface area (Å²) in [5, 5.41) is 9.96. The molecule has 0 bridgehead atoms. The first-order chi connectivity index (χ1) is 9.15. The SMILES string of the molecule is CN1CC[C@H](NC(=O)c2n[nH]c3c(F)cccc23)C1. The minimum Gasteiger partial charge on any atom is -0.347 e. The highest BCUT2D eigenvalue weighted by Crippen LogP contribution is 2.19. The third-order valence-corrected chi connectivity index (χ3v) is 3.49. The van der Waals surface area contributed by atoms with Gasteiger partial charge in [-0.05, 0) is 26.1 Å². The smallest absolute Gasteiger partial charge is 0.272 e. The fourth-order valence-corrected chi connectivity index (χ4v) is 2.49. The number of benzene rings is 1. The van der Waals surface area contributed by atoms with Gasteiger partial charge in [-0.25, -0.2) is 4.39 Å². The van der Waals surface area contributed by atoms with Crippen molar-refractivity contribution in [3.05, 3.63) is 29.7 Å². The average Bonchev–Trinajstić information content (AvgIpc) is 2.96. The molecule has 0 radical (unpaired) electrons. The maximum Gasteiger partial charge on any atom is 0.272 e. The fourth-order valence-electron chi connectivity index (χ4n) is 2.49. The van der Waals surface area contributed by atoms with E-state index in [0.29, 0.717) is 5.39 Å². The Kier molecular flexibility index (Phi) is 2.94. The van der Waals surface area contributed by atoms with E-state index in [0.717, 1.165) is 19.5 Å². The van der Waals surface area contributed by atoms with Gasteiger partial charge in [0.2, 0.25) is 0 Å². The third kappa shape index (κ3) is 2.19. The normalized spacial score (nSPS) is 20.0. The van der Waals surface area contributed by atoms with Crippen LogP contribution in [0.3, 0.4) is 0 Å². The molecule has 0 saturated carbocycles. The molecule has 1 aliphatic rings. The molecule has 1 aromatic carbocycles. The lowest BCUT2D eigenvalue weighted by atomic mass is 10.2. The number of likely N-dealkylation sites (N-methyl/N-ethyl adjacent to an activating group) is 1. The first-order valence-electron chi connectivity index (χ1n) is 6.27. The number of carbonyl (C=O) groups excluding carboxylic acids is 1. The van der Waals surface area contributed by atoms with Crippen molar-refractivity contribution in [2.45, 2.75) is 12.5 Å². The van der Waals surface area contributed by atoms with Gasteiger partial charge in [-0.15, -0.1) is 0 Å². The molecule has 2 N–H and O–H groups in total. The molecule has 1 aromatic heterocycles. The number of H-pyrrole nitrogens is 1. The molecule has 0 unspecified atom stereocenters. The van der Waals surface area contributed by atoms with E-state index in [1.807, 2.05) is 7.05 Å². The Balaban J connectivity index is 1.84. The van der Waals surface area contributed by atoms with Gasteiger partial charge in [0.15, 0.2) is 5.69 Å². The summed E-state index contributed by atoms with van der Waals surface area (Å²) in [6.07, 6.45) is 0.930. The minimum atomic E-state index is -0.398. The standard InChI is InChI=1S/C13H15FN4O/c1-18-6-5-8(7-18)15-13(19)12-9-3-2-4-10(14)11(9)16-17-12/h2-4,8H,5-7H2,1H3,(H,15,19)(H,16,17)/t8-/m0/s1. The van der Waals surface area contributed by atoms with Crippen molar-refractivity contribution in [1.29, 1.82) is 0 Å².